The first-order valence-corrected chi connectivity index (χ1v) is 3.97. The van der Waals surface area contributed by atoms with Crippen molar-refractivity contribution in [2.24, 2.45) is 0 Å². The molecule has 70 valence electrons. The Morgan fingerprint density at radius 3 is 2.77 bits per heavy atom. The molecule has 0 heterocycles. The first kappa shape index (κ1) is 9.86. The smallest absolute Gasteiger partial charge is 0.150 e. The summed E-state index contributed by atoms with van der Waals surface area (Å²) < 4.78 is 18.2. The van der Waals surface area contributed by atoms with Crippen LogP contribution in [0.2, 0.25) is 0 Å². The molecule has 0 bridgehead atoms. The van der Waals surface area contributed by atoms with Crippen LogP contribution < -0.4 is 0 Å². The lowest BCUT2D eigenvalue weighted by Crippen LogP contribution is -2.03. The lowest BCUT2D eigenvalue weighted by atomic mass is 10.0. The van der Waals surface area contributed by atoms with Crippen molar-refractivity contribution in [3.05, 3.63) is 35.1 Å². The van der Waals surface area contributed by atoms with Gasteiger partial charge in [0, 0.05) is 18.2 Å². The lowest BCUT2D eigenvalue weighted by Gasteiger charge is -2.12. The molecule has 0 radical (unpaired) electrons. The zero-order valence-corrected chi connectivity index (χ0v) is 7.58. The lowest BCUT2D eigenvalue weighted by molar-refractivity contribution is 0.107. The van der Waals surface area contributed by atoms with Gasteiger partial charge >= 0.3 is 0 Å². The molecule has 0 amide bonds. The van der Waals surface area contributed by atoms with Gasteiger partial charge in [0.05, 0.1) is 6.10 Å². The maximum absolute atomic E-state index is 13.2. The maximum Gasteiger partial charge on any atom is 0.150 e. The van der Waals surface area contributed by atoms with E-state index in [1.807, 2.05) is 0 Å². The molecule has 1 aromatic rings. The van der Waals surface area contributed by atoms with Gasteiger partial charge in [-0.05, 0) is 13.0 Å². The summed E-state index contributed by atoms with van der Waals surface area (Å²) in [5.74, 6) is -0.404. The second-order valence-electron chi connectivity index (χ2n) is 2.74. The fraction of sp³-hybridized carbons (Fsp3) is 0.300. The summed E-state index contributed by atoms with van der Waals surface area (Å²) in [5, 5.41) is 0. The highest BCUT2D eigenvalue weighted by Gasteiger charge is 2.13. The zero-order chi connectivity index (χ0) is 9.84. The largest absolute Gasteiger partial charge is 0.377 e. The van der Waals surface area contributed by atoms with Gasteiger partial charge in [-0.3, -0.25) is 4.79 Å². The van der Waals surface area contributed by atoms with Crippen LogP contribution in [0.1, 0.15) is 28.9 Å². The van der Waals surface area contributed by atoms with Crippen LogP contribution in [0.4, 0.5) is 4.39 Å². The van der Waals surface area contributed by atoms with Gasteiger partial charge in [0.15, 0.2) is 6.29 Å². The molecule has 0 aliphatic heterocycles. The van der Waals surface area contributed by atoms with E-state index in [4.69, 9.17) is 4.74 Å². The Morgan fingerprint density at radius 2 is 2.23 bits per heavy atom. The van der Waals surface area contributed by atoms with E-state index >= 15 is 0 Å². The van der Waals surface area contributed by atoms with Crippen LogP contribution in [-0.4, -0.2) is 13.4 Å². The van der Waals surface area contributed by atoms with Crippen LogP contribution in [0.15, 0.2) is 18.2 Å². The van der Waals surface area contributed by atoms with E-state index in [-0.39, 0.29) is 0 Å². The minimum Gasteiger partial charge on any atom is -0.377 e. The van der Waals surface area contributed by atoms with Crippen LogP contribution >= 0.6 is 0 Å². The van der Waals surface area contributed by atoms with Crippen molar-refractivity contribution in [2.45, 2.75) is 13.0 Å². The van der Waals surface area contributed by atoms with Gasteiger partial charge in [0.2, 0.25) is 0 Å². The van der Waals surface area contributed by atoms with Crippen LogP contribution in [0, 0.1) is 5.82 Å². The number of hydrogen-bond donors (Lipinski definition) is 0. The first-order valence-electron chi connectivity index (χ1n) is 3.97. The Kier molecular flexibility index (Phi) is 3.14. The SMILES string of the molecule is COC(C)c1c(F)cccc1C=O. The molecule has 1 unspecified atom stereocenters. The van der Waals surface area contributed by atoms with Gasteiger partial charge in [0.25, 0.3) is 0 Å². The van der Waals surface area contributed by atoms with Gasteiger partial charge in [-0.1, -0.05) is 12.1 Å². The molecule has 3 heteroatoms. The topological polar surface area (TPSA) is 26.3 Å². The molecule has 13 heavy (non-hydrogen) atoms. The average Bonchev–Trinajstić information content (AvgIpc) is 2.16. The molecule has 1 aromatic carbocycles. The monoisotopic (exact) mass is 182 g/mol. The second kappa shape index (κ2) is 4.14. The summed E-state index contributed by atoms with van der Waals surface area (Å²) >= 11 is 0. The van der Waals surface area contributed by atoms with Gasteiger partial charge in [-0.25, -0.2) is 4.39 Å². The molecule has 0 N–H and O–H groups in total. The van der Waals surface area contributed by atoms with Crippen LogP contribution in [0.5, 0.6) is 0 Å². The number of methoxy groups -OCH3 is 1. The number of aldehydes is 1. The molecule has 0 aliphatic rings. The normalized spacial score (nSPS) is 12.5. The predicted molar refractivity (Wildman–Crippen MR) is 47.2 cm³/mol. The number of benzene rings is 1. The predicted octanol–water partition coefficient (Wildman–Crippen LogP) is 2.35. The molecular weight excluding hydrogens is 171 g/mol. The summed E-state index contributed by atoms with van der Waals surface area (Å²) in [6.07, 6.45) is 0.231. The number of carbonyl (C=O) groups is 1. The zero-order valence-electron chi connectivity index (χ0n) is 7.58. The van der Waals surface area contributed by atoms with E-state index in [1.54, 1.807) is 13.0 Å². The minimum absolute atomic E-state index is 0.319. The number of ether oxygens (including phenoxy) is 1. The highest BCUT2D eigenvalue weighted by molar-refractivity contribution is 5.77. The Bertz CT molecular complexity index is 310. The summed E-state index contributed by atoms with van der Waals surface area (Å²) in [6, 6.07) is 4.39. The fourth-order valence-electron chi connectivity index (χ4n) is 1.20. The van der Waals surface area contributed by atoms with Crippen LogP contribution in [0.25, 0.3) is 0 Å². The molecule has 0 aliphatic carbocycles. The van der Waals surface area contributed by atoms with Crippen LogP contribution in [-0.2, 0) is 4.74 Å². The van der Waals surface area contributed by atoms with Crippen molar-refractivity contribution >= 4 is 6.29 Å². The molecule has 2 nitrogen and oxygen atoms in total. The summed E-state index contributed by atoms with van der Waals surface area (Å²) in [4.78, 5) is 10.6. The van der Waals surface area contributed by atoms with Crippen molar-refractivity contribution in [3.63, 3.8) is 0 Å². The third-order valence-corrected chi connectivity index (χ3v) is 1.97. The first-order chi connectivity index (χ1) is 6.20. The van der Waals surface area contributed by atoms with Crippen LogP contribution in [0.3, 0.4) is 0 Å². The van der Waals surface area contributed by atoms with E-state index in [0.717, 1.165) is 0 Å². The van der Waals surface area contributed by atoms with E-state index in [9.17, 15) is 9.18 Å². The quantitative estimate of drug-likeness (QED) is 0.670. The Labute approximate surface area is 76.3 Å². The van der Waals surface area contributed by atoms with Crippen molar-refractivity contribution in [2.75, 3.05) is 7.11 Å². The standard InChI is InChI=1S/C10H11FO2/c1-7(13-2)10-8(6-12)4-3-5-9(10)11/h3-7H,1-2H3. The van der Waals surface area contributed by atoms with Crippen molar-refractivity contribution in [1.82, 2.24) is 0 Å². The van der Waals surface area contributed by atoms with Gasteiger partial charge < -0.3 is 4.74 Å². The average molecular weight is 182 g/mol. The Balaban J connectivity index is 3.22. The molecule has 0 fully saturated rings. The Morgan fingerprint density at radius 1 is 1.54 bits per heavy atom. The second-order valence-corrected chi connectivity index (χ2v) is 2.74. The summed E-state index contributed by atoms with van der Waals surface area (Å²) in [6.45, 7) is 1.70. The number of rotatable bonds is 3. The Hall–Kier alpha value is -1.22. The third-order valence-electron chi connectivity index (χ3n) is 1.97. The van der Waals surface area contributed by atoms with E-state index in [0.29, 0.717) is 17.4 Å². The molecule has 0 spiro atoms. The van der Waals surface area contributed by atoms with E-state index < -0.39 is 11.9 Å². The highest BCUT2D eigenvalue weighted by Crippen LogP contribution is 2.22. The minimum atomic E-state index is -0.404. The number of hydrogen-bond acceptors (Lipinski definition) is 2. The third kappa shape index (κ3) is 1.92. The van der Waals surface area contributed by atoms with Gasteiger partial charge in [-0.2, -0.15) is 0 Å². The highest BCUT2D eigenvalue weighted by atomic mass is 19.1. The van der Waals surface area contributed by atoms with E-state index in [2.05, 4.69) is 0 Å². The molecule has 1 atom stereocenters. The maximum atomic E-state index is 13.2. The molecular formula is C10H11FO2. The molecule has 0 saturated heterocycles. The van der Waals surface area contributed by atoms with E-state index in [1.165, 1.54) is 19.2 Å². The fourth-order valence-corrected chi connectivity index (χ4v) is 1.20. The molecule has 0 saturated carbocycles. The van der Waals surface area contributed by atoms with Crippen molar-refractivity contribution < 1.29 is 13.9 Å². The van der Waals surface area contributed by atoms with Gasteiger partial charge in [-0.15, -0.1) is 0 Å². The number of carbonyl (C=O) groups excluding carboxylic acids is 1. The summed E-state index contributed by atoms with van der Waals surface area (Å²) in [5.41, 5.74) is 0.661. The molecule has 1 rings (SSSR count). The molecule has 0 aromatic heterocycles. The van der Waals surface area contributed by atoms with Crippen molar-refractivity contribution in [3.8, 4) is 0 Å². The van der Waals surface area contributed by atoms with Gasteiger partial charge in [0.1, 0.15) is 5.82 Å². The summed E-state index contributed by atoms with van der Waals surface area (Å²) in [7, 11) is 1.48. The number of halogens is 1. The van der Waals surface area contributed by atoms with Crippen molar-refractivity contribution in [1.29, 1.82) is 0 Å².